The van der Waals surface area contributed by atoms with Crippen LogP contribution in [0.3, 0.4) is 0 Å². The second-order valence-corrected chi connectivity index (χ2v) is 17.8. The molecule has 63 heavy (non-hydrogen) atoms. The van der Waals surface area contributed by atoms with Gasteiger partial charge in [-0.2, -0.15) is 0 Å². The second-order valence-electron chi connectivity index (χ2n) is 17.8. The number of carbonyl (C=O) groups excluding carboxylic acids is 3. The summed E-state index contributed by atoms with van der Waals surface area (Å²) in [5.41, 5.74) is 0. The third-order valence-electron chi connectivity index (χ3n) is 11.5. The summed E-state index contributed by atoms with van der Waals surface area (Å²) >= 11 is 0. The van der Waals surface area contributed by atoms with Gasteiger partial charge in [0.25, 0.3) is 0 Å². The summed E-state index contributed by atoms with van der Waals surface area (Å²) in [5, 5.41) is 0. The molecule has 0 radical (unpaired) electrons. The van der Waals surface area contributed by atoms with E-state index in [4.69, 9.17) is 14.2 Å². The van der Waals surface area contributed by atoms with E-state index in [1.807, 2.05) is 0 Å². The first-order valence-electron chi connectivity index (χ1n) is 26.8. The zero-order chi connectivity index (χ0) is 45.8. The molecule has 0 aromatic carbocycles. The third kappa shape index (κ3) is 50.0. The number of unbranched alkanes of at least 4 members (excludes halogenated alkanes) is 27. The standard InChI is InChI=1S/C57H100O6/c1-4-7-10-13-16-19-22-24-26-28-30-32-35-37-40-43-46-49-55(58)61-52-54(63-57(60)51-48-45-42-39-34-21-18-15-12-9-6-3)53-62-56(59)50-47-44-41-38-36-33-31-29-27-25-23-20-17-14-11-8-5-2/h16,19,24-27,31,33,38,41,54H,4-15,17-18,20-23,28-30,32,34-37,39-40,42-53H2,1-3H3/b19-16-,26-24-,27-25-,33-31-,41-38-/t54-/m1/s1. The summed E-state index contributed by atoms with van der Waals surface area (Å²) in [4.78, 5) is 38.0. The number of hydrogen-bond acceptors (Lipinski definition) is 6. The van der Waals surface area contributed by atoms with Gasteiger partial charge in [-0.25, -0.2) is 0 Å². The normalized spacial score (nSPS) is 12.5. The van der Waals surface area contributed by atoms with E-state index in [2.05, 4.69) is 81.5 Å². The summed E-state index contributed by atoms with van der Waals surface area (Å²) in [5.74, 6) is -0.948. The molecule has 0 fully saturated rings. The molecule has 0 saturated heterocycles. The Morgan fingerprint density at radius 2 is 0.587 bits per heavy atom. The molecule has 0 saturated carbocycles. The molecule has 0 unspecified atom stereocenters. The van der Waals surface area contributed by atoms with E-state index < -0.39 is 6.10 Å². The molecular weight excluding hydrogens is 781 g/mol. The predicted molar refractivity (Wildman–Crippen MR) is 270 cm³/mol. The van der Waals surface area contributed by atoms with E-state index in [-0.39, 0.29) is 37.5 Å². The first kappa shape index (κ1) is 60.1. The highest BCUT2D eigenvalue weighted by atomic mass is 16.6. The smallest absolute Gasteiger partial charge is 0.306 e. The fraction of sp³-hybridized carbons (Fsp3) is 0.772. The summed E-state index contributed by atoms with van der Waals surface area (Å²) in [6.07, 6.45) is 63.5. The van der Waals surface area contributed by atoms with Gasteiger partial charge < -0.3 is 14.2 Å². The average Bonchev–Trinajstić information content (AvgIpc) is 3.28. The van der Waals surface area contributed by atoms with Crippen LogP contribution in [0.5, 0.6) is 0 Å². The van der Waals surface area contributed by atoms with Gasteiger partial charge >= 0.3 is 17.9 Å². The average molecular weight is 881 g/mol. The van der Waals surface area contributed by atoms with Crippen LogP contribution in [-0.4, -0.2) is 37.2 Å². The molecule has 0 rings (SSSR count). The van der Waals surface area contributed by atoms with E-state index in [9.17, 15) is 14.4 Å². The Labute approximate surface area is 390 Å². The van der Waals surface area contributed by atoms with Crippen LogP contribution in [0.25, 0.3) is 0 Å². The molecule has 6 heteroatoms. The highest BCUT2D eigenvalue weighted by molar-refractivity contribution is 5.71. The molecule has 364 valence electrons. The van der Waals surface area contributed by atoms with Gasteiger partial charge in [0, 0.05) is 19.3 Å². The minimum atomic E-state index is -0.794. The van der Waals surface area contributed by atoms with Crippen molar-refractivity contribution in [1.29, 1.82) is 0 Å². The van der Waals surface area contributed by atoms with Crippen LogP contribution in [0.1, 0.15) is 265 Å². The Hall–Kier alpha value is -2.89. The van der Waals surface area contributed by atoms with E-state index in [1.54, 1.807) is 0 Å². The van der Waals surface area contributed by atoms with Crippen molar-refractivity contribution in [2.75, 3.05) is 13.2 Å². The lowest BCUT2D eigenvalue weighted by Crippen LogP contribution is -2.30. The largest absolute Gasteiger partial charge is 0.462 e. The lowest BCUT2D eigenvalue weighted by molar-refractivity contribution is -0.167. The predicted octanol–water partition coefficient (Wildman–Crippen LogP) is 17.6. The molecule has 1 atom stereocenters. The molecule has 0 aliphatic carbocycles. The number of allylic oxidation sites excluding steroid dienone is 10. The van der Waals surface area contributed by atoms with E-state index in [0.29, 0.717) is 19.3 Å². The van der Waals surface area contributed by atoms with Crippen molar-refractivity contribution in [2.45, 2.75) is 271 Å². The fourth-order valence-corrected chi connectivity index (χ4v) is 7.43. The molecule has 0 N–H and O–H groups in total. The van der Waals surface area contributed by atoms with Crippen molar-refractivity contribution >= 4 is 17.9 Å². The summed E-state index contributed by atoms with van der Waals surface area (Å²) < 4.78 is 16.8. The molecule has 0 aromatic rings. The van der Waals surface area contributed by atoms with Crippen LogP contribution in [0.15, 0.2) is 60.8 Å². The van der Waals surface area contributed by atoms with Crippen molar-refractivity contribution in [3.05, 3.63) is 60.8 Å². The van der Waals surface area contributed by atoms with Gasteiger partial charge in [-0.3, -0.25) is 14.4 Å². The second kappa shape index (κ2) is 51.7. The van der Waals surface area contributed by atoms with Crippen LogP contribution in [0.4, 0.5) is 0 Å². The van der Waals surface area contributed by atoms with Crippen LogP contribution >= 0.6 is 0 Å². The minimum absolute atomic E-state index is 0.0923. The first-order valence-corrected chi connectivity index (χ1v) is 26.8. The highest BCUT2D eigenvalue weighted by Gasteiger charge is 2.19. The van der Waals surface area contributed by atoms with Gasteiger partial charge in [0.05, 0.1) is 0 Å². The Morgan fingerprint density at radius 3 is 0.984 bits per heavy atom. The maximum atomic E-state index is 12.8. The molecule has 0 spiro atoms. The van der Waals surface area contributed by atoms with E-state index in [0.717, 1.165) is 70.6 Å². The van der Waals surface area contributed by atoms with Crippen LogP contribution in [0, 0.1) is 0 Å². The molecule has 0 heterocycles. The Balaban J connectivity index is 4.41. The number of hydrogen-bond donors (Lipinski definition) is 0. The molecule has 0 amide bonds. The Kier molecular flexibility index (Phi) is 49.4. The number of ether oxygens (including phenoxy) is 3. The third-order valence-corrected chi connectivity index (χ3v) is 11.5. The summed E-state index contributed by atoms with van der Waals surface area (Å²) in [6.45, 7) is 6.56. The molecular formula is C57H100O6. The molecule has 6 nitrogen and oxygen atoms in total. The zero-order valence-electron chi connectivity index (χ0n) is 41.6. The van der Waals surface area contributed by atoms with Gasteiger partial charge in [-0.15, -0.1) is 0 Å². The zero-order valence-corrected chi connectivity index (χ0v) is 41.6. The number of esters is 3. The quantitative estimate of drug-likeness (QED) is 0.0262. The molecule has 0 bridgehead atoms. The topological polar surface area (TPSA) is 78.9 Å². The van der Waals surface area contributed by atoms with E-state index >= 15 is 0 Å². The van der Waals surface area contributed by atoms with Crippen molar-refractivity contribution in [3.63, 3.8) is 0 Å². The monoisotopic (exact) mass is 881 g/mol. The molecule has 0 aliphatic rings. The lowest BCUT2D eigenvalue weighted by Gasteiger charge is -2.18. The summed E-state index contributed by atoms with van der Waals surface area (Å²) in [7, 11) is 0. The SMILES string of the molecule is CCCCC/C=C\C/C=C\CCCCCCCCCC(=O)OC[C@H](COC(=O)CCC/C=C\C/C=C\C/C=C\CCCCCCCC)OC(=O)CCCCCCCCCCCCC. The van der Waals surface area contributed by atoms with Gasteiger partial charge in [0.2, 0.25) is 0 Å². The number of rotatable bonds is 48. The Morgan fingerprint density at radius 1 is 0.317 bits per heavy atom. The van der Waals surface area contributed by atoms with E-state index in [1.165, 1.54) is 148 Å². The van der Waals surface area contributed by atoms with Crippen molar-refractivity contribution in [1.82, 2.24) is 0 Å². The van der Waals surface area contributed by atoms with Crippen molar-refractivity contribution < 1.29 is 28.6 Å². The molecule has 0 aromatic heterocycles. The first-order chi connectivity index (χ1) is 31.0. The fourth-order valence-electron chi connectivity index (χ4n) is 7.43. The van der Waals surface area contributed by atoms with Crippen molar-refractivity contribution in [2.24, 2.45) is 0 Å². The lowest BCUT2D eigenvalue weighted by atomic mass is 10.1. The van der Waals surface area contributed by atoms with Crippen LogP contribution in [0.2, 0.25) is 0 Å². The highest BCUT2D eigenvalue weighted by Crippen LogP contribution is 2.15. The van der Waals surface area contributed by atoms with Gasteiger partial charge in [0.15, 0.2) is 6.10 Å². The minimum Gasteiger partial charge on any atom is -0.462 e. The van der Waals surface area contributed by atoms with Crippen LogP contribution in [-0.2, 0) is 28.6 Å². The number of carbonyl (C=O) groups is 3. The summed E-state index contributed by atoms with van der Waals surface area (Å²) in [6, 6.07) is 0. The van der Waals surface area contributed by atoms with Gasteiger partial charge in [-0.05, 0) is 83.5 Å². The Bertz CT molecular complexity index is 1150. The van der Waals surface area contributed by atoms with Crippen molar-refractivity contribution in [3.8, 4) is 0 Å². The molecule has 0 aliphatic heterocycles. The van der Waals surface area contributed by atoms with Gasteiger partial charge in [0.1, 0.15) is 13.2 Å². The van der Waals surface area contributed by atoms with Crippen LogP contribution < -0.4 is 0 Å². The maximum Gasteiger partial charge on any atom is 0.306 e. The van der Waals surface area contributed by atoms with Gasteiger partial charge in [-0.1, -0.05) is 223 Å². The maximum absolute atomic E-state index is 12.8.